The highest BCUT2D eigenvalue weighted by atomic mass is 32.1. The summed E-state index contributed by atoms with van der Waals surface area (Å²) in [5.74, 6) is 1.48. The molecule has 1 unspecified atom stereocenters. The first kappa shape index (κ1) is 25.0. The molecule has 1 aliphatic rings. The average molecular weight is 584 g/mol. The Morgan fingerprint density at radius 3 is 2.20 bits per heavy atom. The fraction of sp³-hybridized carbons (Fsp3) is 0.0256. The highest BCUT2D eigenvalue weighted by Gasteiger charge is 2.24. The molecule has 0 radical (unpaired) electrons. The zero-order valence-electron chi connectivity index (χ0n) is 23.6. The maximum Gasteiger partial charge on any atom is 0.160 e. The highest BCUT2D eigenvalue weighted by molar-refractivity contribution is 7.25. The number of amidine groups is 2. The minimum absolute atomic E-state index is 0.307. The van der Waals surface area contributed by atoms with E-state index in [1.807, 2.05) is 47.7 Å². The number of rotatable bonds is 4. The summed E-state index contributed by atoms with van der Waals surface area (Å²) in [7, 11) is 0. The lowest BCUT2D eigenvalue weighted by atomic mass is 10.0. The van der Waals surface area contributed by atoms with E-state index in [1.54, 1.807) is 0 Å². The summed E-state index contributed by atoms with van der Waals surface area (Å²) in [6.45, 7) is 0. The Morgan fingerprint density at radius 1 is 0.568 bits per heavy atom. The number of benzene rings is 6. The predicted octanol–water partition coefficient (Wildman–Crippen LogP) is 10.1. The van der Waals surface area contributed by atoms with Gasteiger partial charge in [0, 0.05) is 42.1 Å². The molecule has 3 heterocycles. The second-order valence-corrected chi connectivity index (χ2v) is 12.1. The third kappa shape index (κ3) is 4.13. The molecule has 6 aromatic carbocycles. The van der Waals surface area contributed by atoms with Gasteiger partial charge in [-0.2, -0.15) is 0 Å². The Kier molecular flexibility index (Phi) is 5.71. The van der Waals surface area contributed by atoms with Crippen LogP contribution in [-0.4, -0.2) is 11.7 Å². The Labute approximate surface area is 257 Å². The van der Waals surface area contributed by atoms with Gasteiger partial charge in [0.2, 0.25) is 0 Å². The second-order valence-electron chi connectivity index (χ2n) is 11.0. The van der Waals surface area contributed by atoms with E-state index in [4.69, 9.17) is 14.4 Å². The van der Waals surface area contributed by atoms with Crippen molar-refractivity contribution in [3.8, 4) is 11.1 Å². The van der Waals surface area contributed by atoms with E-state index in [0.29, 0.717) is 5.84 Å². The molecule has 0 saturated carbocycles. The summed E-state index contributed by atoms with van der Waals surface area (Å²) in [5, 5.41) is 8.24. The fourth-order valence-electron chi connectivity index (χ4n) is 6.22. The molecule has 44 heavy (non-hydrogen) atoms. The molecule has 4 nitrogen and oxygen atoms in total. The van der Waals surface area contributed by atoms with Crippen LogP contribution in [-0.2, 0) is 0 Å². The molecule has 0 aliphatic carbocycles. The van der Waals surface area contributed by atoms with Gasteiger partial charge in [-0.25, -0.2) is 9.98 Å². The lowest BCUT2D eigenvalue weighted by Gasteiger charge is -2.24. The molecule has 5 heteroatoms. The first-order valence-corrected chi connectivity index (χ1v) is 15.5. The molecule has 8 aromatic rings. The van der Waals surface area contributed by atoms with Crippen LogP contribution in [0.3, 0.4) is 0 Å². The maximum absolute atomic E-state index is 6.43. The molecule has 0 saturated heterocycles. The SMILES string of the molecule is c1ccc(C2=NC(c3cccc4oc5cc(-c6ccccc6)ccc5c34)=NC(c3ccc4sc5ccccc5c4c3)N2)cc1. The maximum atomic E-state index is 6.43. The highest BCUT2D eigenvalue weighted by Crippen LogP contribution is 2.38. The van der Waals surface area contributed by atoms with E-state index in [1.165, 1.54) is 20.2 Å². The molecule has 208 valence electrons. The van der Waals surface area contributed by atoms with Crippen molar-refractivity contribution in [2.75, 3.05) is 0 Å². The van der Waals surface area contributed by atoms with E-state index in [9.17, 15) is 0 Å². The van der Waals surface area contributed by atoms with Gasteiger partial charge in [-0.05, 0) is 53.1 Å². The number of aliphatic imine (C=N–C) groups is 2. The van der Waals surface area contributed by atoms with E-state index >= 15 is 0 Å². The number of furan rings is 1. The number of fused-ring (bicyclic) bond motifs is 6. The molecule has 1 aliphatic heterocycles. The number of thiophene rings is 1. The van der Waals surface area contributed by atoms with Crippen molar-refractivity contribution in [3.05, 3.63) is 156 Å². The van der Waals surface area contributed by atoms with Crippen LogP contribution >= 0.6 is 11.3 Å². The van der Waals surface area contributed by atoms with Crippen molar-refractivity contribution in [1.29, 1.82) is 0 Å². The Hall–Kier alpha value is -5.52. The van der Waals surface area contributed by atoms with Crippen molar-refractivity contribution in [1.82, 2.24) is 5.32 Å². The third-order valence-electron chi connectivity index (χ3n) is 8.35. The summed E-state index contributed by atoms with van der Waals surface area (Å²) in [4.78, 5) is 10.4. The van der Waals surface area contributed by atoms with Crippen LogP contribution in [0.4, 0.5) is 0 Å². The van der Waals surface area contributed by atoms with Gasteiger partial charge in [-0.15, -0.1) is 11.3 Å². The summed E-state index contributed by atoms with van der Waals surface area (Å²) >= 11 is 1.82. The van der Waals surface area contributed by atoms with Crippen molar-refractivity contribution < 1.29 is 4.42 Å². The van der Waals surface area contributed by atoms with Crippen molar-refractivity contribution in [2.45, 2.75) is 6.17 Å². The largest absolute Gasteiger partial charge is 0.456 e. The van der Waals surface area contributed by atoms with Gasteiger partial charge in [0.05, 0.1) is 0 Å². The van der Waals surface area contributed by atoms with E-state index in [-0.39, 0.29) is 6.17 Å². The zero-order valence-corrected chi connectivity index (χ0v) is 24.4. The summed E-state index contributed by atoms with van der Waals surface area (Å²) in [5.41, 5.74) is 7.02. The number of nitrogens with one attached hydrogen (secondary N) is 1. The standard InChI is InChI=1S/C39H25N3OS/c1-3-10-24(11-4-1)26-18-20-29-33(23-26)43-32-16-9-15-30(36(29)32)39-41-37(25-12-5-2-6-13-25)40-38(42-39)27-19-21-35-31(22-27)28-14-7-8-17-34(28)44-35/h1-23,38H,(H,40,41,42). The van der Waals surface area contributed by atoms with E-state index in [0.717, 1.165) is 55.6 Å². The predicted molar refractivity (Wildman–Crippen MR) is 184 cm³/mol. The summed E-state index contributed by atoms with van der Waals surface area (Å²) in [6.07, 6.45) is -0.307. The lowest BCUT2D eigenvalue weighted by molar-refractivity contribution is 0.668. The van der Waals surface area contributed by atoms with Crippen molar-refractivity contribution in [2.24, 2.45) is 9.98 Å². The van der Waals surface area contributed by atoms with Gasteiger partial charge in [0.15, 0.2) is 5.84 Å². The van der Waals surface area contributed by atoms with Crippen molar-refractivity contribution in [3.63, 3.8) is 0 Å². The number of nitrogens with zero attached hydrogens (tertiary/aromatic N) is 2. The average Bonchev–Trinajstić information content (AvgIpc) is 3.66. The zero-order chi connectivity index (χ0) is 29.0. The topological polar surface area (TPSA) is 49.9 Å². The Morgan fingerprint density at radius 2 is 1.34 bits per heavy atom. The van der Waals surface area contributed by atoms with Gasteiger partial charge in [0.1, 0.15) is 23.2 Å². The smallest absolute Gasteiger partial charge is 0.160 e. The lowest BCUT2D eigenvalue weighted by Crippen LogP contribution is -2.33. The van der Waals surface area contributed by atoms with Gasteiger partial charge in [-0.1, -0.05) is 103 Å². The first-order chi connectivity index (χ1) is 21.8. The van der Waals surface area contributed by atoms with Crippen LogP contribution in [0.2, 0.25) is 0 Å². The molecular weight excluding hydrogens is 559 g/mol. The quantitative estimate of drug-likeness (QED) is 0.224. The normalized spacial score (nSPS) is 15.0. The Bertz CT molecular complexity index is 2420. The molecular formula is C39H25N3OS. The number of hydrogen-bond donors (Lipinski definition) is 1. The summed E-state index contributed by atoms with van der Waals surface area (Å²) < 4.78 is 9.00. The van der Waals surface area contributed by atoms with Crippen LogP contribution in [0.1, 0.15) is 22.9 Å². The van der Waals surface area contributed by atoms with Gasteiger partial charge >= 0.3 is 0 Å². The molecule has 1 atom stereocenters. The van der Waals surface area contributed by atoms with Crippen molar-refractivity contribution >= 4 is 65.1 Å². The molecule has 1 N–H and O–H groups in total. The molecule has 0 bridgehead atoms. The third-order valence-corrected chi connectivity index (χ3v) is 9.50. The van der Waals surface area contributed by atoms with Crippen LogP contribution in [0.5, 0.6) is 0 Å². The number of hydrogen-bond acceptors (Lipinski definition) is 5. The van der Waals surface area contributed by atoms with Crippen LogP contribution in [0.25, 0.3) is 53.2 Å². The Balaban J connectivity index is 1.22. The minimum atomic E-state index is -0.307. The fourth-order valence-corrected chi connectivity index (χ4v) is 7.31. The minimum Gasteiger partial charge on any atom is -0.456 e. The van der Waals surface area contributed by atoms with Crippen LogP contribution in [0.15, 0.2) is 154 Å². The van der Waals surface area contributed by atoms with Crippen LogP contribution < -0.4 is 5.32 Å². The molecule has 0 amide bonds. The summed E-state index contributed by atoms with van der Waals surface area (Å²) in [6, 6.07) is 48.5. The molecule has 2 aromatic heterocycles. The molecule has 9 rings (SSSR count). The first-order valence-electron chi connectivity index (χ1n) is 14.7. The van der Waals surface area contributed by atoms with Gasteiger partial charge in [-0.3, -0.25) is 0 Å². The monoisotopic (exact) mass is 583 g/mol. The van der Waals surface area contributed by atoms with Gasteiger partial charge in [0.25, 0.3) is 0 Å². The second kappa shape index (κ2) is 10.0. The molecule has 0 fully saturated rings. The molecule has 0 spiro atoms. The van der Waals surface area contributed by atoms with E-state index < -0.39 is 0 Å². The van der Waals surface area contributed by atoms with Gasteiger partial charge < -0.3 is 9.73 Å². The van der Waals surface area contributed by atoms with E-state index in [2.05, 4.69) is 108 Å². The van der Waals surface area contributed by atoms with Crippen LogP contribution in [0, 0.1) is 0 Å².